The van der Waals surface area contributed by atoms with Crippen LogP contribution >= 0.6 is 0 Å². The number of nitrogens with zero attached hydrogens (tertiary/aromatic N) is 2. The second kappa shape index (κ2) is 15.9. The van der Waals surface area contributed by atoms with Crippen LogP contribution in [0.15, 0.2) is 71.7 Å². The number of carbonyl (C=O) groups is 2. The fraction of sp³-hybridized carbons (Fsp3) is 0.462. The highest BCUT2D eigenvalue weighted by Gasteiger charge is 2.27. The van der Waals surface area contributed by atoms with Crippen LogP contribution in [0, 0.1) is 0 Å². The third kappa shape index (κ3) is 9.78. The number of amidine groups is 1. The predicted octanol–water partition coefficient (Wildman–Crippen LogP) is 8.43. The molecule has 1 atom stereocenters. The average molecular weight is 611 g/mol. The first kappa shape index (κ1) is 34.0. The Morgan fingerprint density at radius 1 is 0.933 bits per heavy atom. The van der Waals surface area contributed by atoms with Crippen LogP contribution in [-0.4, -0.2) is 46.9 Å². The van der Waals surface area contributed by atoms with Gasteiger partial charge in [0.15, 0.2) is 0 Å². The highest BCUT2D eigenvalue weighted by molar-refractivity contribution is 6.00. The summed E-state index contributed by atoms with van der Waals surface area (Å²) >= 11 is 0. The number of aliphatic carboxylic acids is 1. The van der Waals surface area contributed by atoms with Crippen molar-refractivity contribution in [2.45, 2.75) is 104 Å². The maximum Gasteiger partial charge on any atom is 0.307 e. The number of ether oxygens (including phenoxy) is 1. The molecule has 3 aromatic rings. The zero-order valence-electron chi connectivity index (χ0n) is 27.8. The zero-order valence-corrected chi connectivity index (χ0v) is 27.8. The molecule has 1 unspecified atom stereocenters. The van der Waals surface area contributed by atoms with Gasteiger partial charge in [-0.05, 0) is 84.7 Å². The second-order valence-corrected chi connectivity index (χ2v) is 13.2. The van der Waals surface area contributed by atoms with E-state index < -0.39 is 5.97 Å². The number of hydrogen-bond donors (Lipinski definition) is 1. The lowest BCUT2D eigenvalue weighted by atomic mass is 9.86. The quantitative estimate of drug-likeness (QED) is 0.187. The summed E-state index contributed by atoms with van der Waals surface area (Å²) < 4.78 is 5.90. The average Bonchev–Trinajstić information content (AvgIpc) is 3.00. The van der Waals surface area contributed by atoms with Crippen molar-refractivity contribution in [1.82, 2.24) is 4.90 Å². The van der Waals surface area contributed by atoms with E-state index in [2.05, 4.69) is 69.3 Å². The molecule has 45 heavy (non-hydrogen) atoms. The minimum atomic E-state index is -0.870. The fourth-order valence-electron chi connectivity index (χ4n) is 5.97. The molecule has 1 aliphatic rings. The number of rotatable bonds is 15. The van der Waals surface area contributed by atoms with Gasteiger partial charge >= 0.3 is 5.97 Å². The van der Waals surface area contributed by atoms with Gasteiger partial charge in [-0.25, -0.2) is 0 Å². The number of aryl methyl sites for hydroxylation is 2. The largest absolute Gasteiger partial charge is 0.493 e. The Hall–Kier alpha value is -3.93. The smallest absolute Gasteiger partial charge is 0.307 e. The molecule has 0 radical (unpaired) electrons. The van der Waals surface area contributed by atoms with Gasteiger partial charge in [0.1, 0.15) is 11.6 Å². The molecule has 0 saturated heterocycles. The van der Waals surface area contributed by atoms with Gasteiger partial charge < -0.3 is 14.7 Å². The van der Waals surface area contributed by atoms with Gasteiger partial charge in [-0.3, -0.25) is 14.6 Å². The standard InChI is InChI=1S/C39H50N2O4/c1-6-23-45-35-25-31(19-20-32(35)26-38(43)44)30-14-8-12-29(24-30)13-10-16-36-40-34(27-37(42)41(36)7-2)15-9-11-28-17-21-33(22-18-28)39(3,4)5/h8,12,14,17-22,24-25,34H,6-7,9-11,13,15-16,23,26-27H2,1-5H3,(H,43,44). The summed E-state index contributed by atoms with van der Waals surface area (Å²) in [6.45, 7) is 12.0. The number of carbonyl (C=O) groups excluding carboxylic acids is 1. The number of amides is 1. The van der Waals surface area contributed by atoms with Crippen LogP contribution in [0.4, 0.5) is 0 Å². The Morgan fingerprint density at radius 2 is 1.67 bits per heavy atom. The van der Waals surface area contributed by atoms with Crippen LogP contribution in [0.1, 0.15) is 95.4 Å². The highest BCUT2D eigenvalue weighted by Crippen LogP contribution is 2.29. The molecule has 0 spiro atoms. The number of carboxylic acids is 1. The molecule has 6 heteroatoms. The lowest BCUT2D eigenvalue weighted by Crippen LogP contribution is -2.42. The summed E-state index contributed by atoms with van der Waals surface area (Å²) in [5.74, 6) is 0.882. The van der Waals surface area contributed by atoms with Crippen LogP contribution in [0.2, 0.25) is 0 Å². The molecule has 0 aromatic heterocycles. The molecule has 1 heterocycles. The van der Waals surface area contributed by atoms with Crippen LogP contribution in [0.25, 0.3) is 11.1 Å². The molecular formula is C39H50N2O4. The molecule has 0 aliphatic carbocycles. The summed E-state index contributed by atoms with van der Waals surface area (Å²) in [5.41, 5.74) is 6.83. The fourth-order valence-corrected chi connectivity index (χ4v) is 5.97. The summed E-state index contributed by atoms with van der Waals surface area (Å²) in [4.78, 5) is 31.3. The summed E-state index contributed by atoms with van der Waals surface area (Å²) in [5, 5.41) is 9.30. The molecule has 0 saturated carbocycles. The number of aliphatic imine (C=N–C) groups is 1. The van der Waals surface area contributed by atoms with Crippen molar-refractivity contribution >= 4 is 17.7 Å². The van der Waals surface area contributed by atoms with E-state index in [1.807, 2.05) is 36.9 Å². The molecule has 1 N–H and O–H groups in total. The van der Waals surface area contributed by atoms with Crippen LogP contribution in [0.3, 0.4) is 0 Å². The highest BCUT2D eigenvalue weighted by atomic mass is 16.5. The first-order valence-electron chi connectivity index (χ1n) is 16.6. The van der Waals surface area contributed by atoms with Crippen LogP contribution < -0.4 is 4.74 Å². The normalized spacial score (nSPS) is 15.2. The third-order valence-corrected chi connectivity index (χ3v) is 8.49. The summed E-state index contributed by atoms with van der Waals surface area (Å²) in [7, 11) is 0. The Bertz CT molecular complexity index is 1470. The van der Waals surface area contributed by atoms with E-state index in [0.717, 1.165) is 61.9 Å². The van der Waals surface area contributed by atoms with Gasteiger partial charge in [-0.1, -0.05) is 88.4 Å². The van der Waals surface area contributed by atoms with Crippen molar-refractivity contribution in [3.63, 3.8) is 0 Å². The predicted molar refractivity (Wildman–Crippen MR) is 183 cm³/mol. The monoisotopic (exact) mass is 610 g/mol. The van der Waals surface area contributed by atoms with Crippen molar-refractivity contribution in [3.05, 3.63) is 89.0 Å². The van der Waals surface area contributed by atoms with Gasteiger partial charge in [-0.2, -0.15) is 0 Å². The first-order valence-corrected chi connectivity index (χ1v) is 16.6. The Morgan fingerprint density at radius 3 is 2.36 bits per heavy atom. The minimum absolute atomic E-state index is 0.0562. The Balaban J connectivity index is 1.36. The van der Waals surface area contributed by atoms with Crippen LogP contribution in [-0.2, 0) is 34.3 Å². The molecule has 1 aliphatic heterocycles. The maximum absolute atomic E-state index is 13.0. The molecular weight excluding hydrogens is 560 g/mol. The number of hydrogen-bond acceptors (Lipinski definition) is 4. The lowest BCUT2D eigenvalue weighted by molar-refractivity contribution is -0.136. The molecule has 240 valence electrons. The van der Waals surface area contributed by atoms with Crippen molar-refractivity contribution in [2.24, 2.45) is 4.99 Å². The van der Waals surface area contributed by atoms with Crippen molar-refractivity contribution in [2.75, 3.05) is 13.2 Å². The summed E-state index contributed by atoms with van der Waals surface area (Å²) in [6.07, 6.45) is 6.78. The van der Waals surface area contributed by atoms with Gasteiger partial charge in [-0.15, -0.1) is 0 Å². The minimum Gasteiger partial charge on any atom is -0.493 e. The maximum atomic E-state index is 13.0. The van der Waals surface area contributed by atoms with E-state index in [-0.39, 0.29) is 23.8 Å². The SMILES string of the molecule is CCCOc1cc(-c2cccc(CCCC3=NC(CCCc4ccc(C(C)(C)C)cc4)CC(=O)N3CC)c2)ccc1CC(=O)O. The van der Waals surface area contributed by atoms with Gasteiger partial charge in [0.2, 0.25) is 5.91 Å². The van der Waals surface area contributed by atoms with E-state index >= 15 is 0 Å². The molecule has 0 fully saturated rings. The molecule has 4 rings (SSSR count). The van der Waals surface area contributed by atoms with Crippen molar-refractivity contribution < 1.29 is 19.4 Å². The van der Waals surface area contributed by atoms with Gasteiger partial charge in [0.05, 0.1) is 19.1 Å². The second-order valence-electron chi connectivity index (χ2n) is 13.2. The van der Waals surface area contributed by atoms with Crippen molar-refractivity contribution in [3.8, 4) is 16.9 Å². The zero-order chi connectivity index (χ0) is 32.4. The molecule has 3 aromatic carbocycles. The van der Waals surface area contributed by atoms with E-state index in [1.165, 1.54) is 16.7 Å². The van der Waals surface area contributed by atoms with E-state index in [1.54, 1.807) is 0 Å². The third-order valence-electron chi connectivity index (χ3n) is 8.49. The van der Waals surface area contributed by atoms with E-state index in [0.29, 0.717) is 30.9 Å². The van der Waals surface area contributed by atoms with Crippen LogP contribution in [0.5, 0.6) is 5.75 Å². The Kier molecular flexibility index (Phi) is 12.0. The topological polar surface area (TPSA) is 79.2 Å². The molecule has 0 bridgehead atoms. The van der Waals surface area contributed by atoms with Gasteiger partial charge in [0.25, 0.3) is 0 Å². The molecule has 6 nitrogen and oxygen atoms in total. The van der Waals surface area contributed by atoms with Gasteiger partial charge in [0, 0.05) is 24.9 Å². The Labute approximate surface area is 269 Å². The number of benzene rings is 3. The summed E-state index contributed by atoms with van der Waals surface area (Å²) in [6, 6.07) is 23.3. The van der Waals surface area contributed by atoms with E-state index in [4.69, 9.17) is 9.73 Å². The molecule has 1 amide bonds. The van der Waals surface area contributed by atoms with E-state index in [9.17, 15) is 14.7 Å². The first-order chi connectivity index (χ1) is 21.6. The van der Waals surface area contributed by atoms with Crippen molar-refractivity contribution in [1.29, 1.82) is 0 Å². The lowest BCUT2D eigenvalue weighted by Gasteiger charge is -2.30. The number of carboxylic acid groups (broad SMARTS) is 1.